The average Bonchev–Trinajstić information content (AvgIpc) is 1.96. The molecule has 1 rings (SSSR count). The maximum absolute atomic E-state index is 10.6. The van der Waals surface area contributed by atoms with Crippen molar-refractivity contribution in [3.8, 4) is 0 Å². The van der Waals surface area contributed by atoms with Crippen LogP contribution in [-0.2, 0) is 21.1 Å². The average molecular weight is 348 g/mol. The molecule has 1 aromatic rings. The molecule has 0 unspecified atom stereocenters. The minimum absolute atomic E-state index is 0. The van der Waals surface area contributed by atoms with Gasteiger partial charge in [0.15, 0.2) is 0 Å². The molecule has 0 saturated carbocycles. The van der Waals surface area contributed by atoms with Gasteiger partial charge in [-0.05, 0) is 6.92 Å². The fraction of sp³-hybridized carbons (Fsp3) is 0.333. The minimum Gasteiger partial charge on any atom is -0.478 e. The molecule has 13 heavy (non-hydrogen) atoms. The first-order valence-corrected chi connectivity index (χ1v) is 3.62. The first-order chi connectivity index (χ1) is 5.52. The van der Waals surface area contributed by atoms with Crippen LogP contribution in [0.1, 0.15) is 27.3 Å². The summed E-state index contributed by atoms with van der Waals surface area (Å²) in [5.41, 5.74) is 2.28. The van der Waals surface area contributed by atoms with Gasteiger partial charge in [-0.15, -0.1) is 6.92 Å². The Morgan fingerprint density at radius 2 is 1.92 bits per heavy atom. The third kappa shape index (κ3) is 2.63. The molecule has 3 nitrogen and oxygen atoms in total. The zero-order valence-electron chi connectivity index (χ0n) is 7.71. The number of aromatic carboxylic acids is 1. The third-order valence-electron chi connectivity index (χ3n) is 1.77. The largest absolute Gasteiger partial charge is 0.478 e. The fourth-order valence-corrected chi connectivity index (χ4v) is 1.03. The van der Waals surface area contributed by atoms with E-state index in [0.717, 1.165) is 5.56 Å². The van der Waals surface area contributed by atoms with E-state index >= 15 is 0 Å². The van der Waals surface area contributed by atoms with E-state index in [-0.39, 0.29) is 26.8 Å². The zero-order valence-corrected chi connectivity index (χ0v) is 10.6. The van der Waals surface area contributed by atoms with Gasteiger partial charge in [0.05, 0.1) is 5.69 Å². The molecule has 0 aliphatic rings. The van der Waals surface area contributed by atoms with Gasteiger partial charge >= 0.3 is 5.97 Å². The van der Waals surface area contributed by atoms with E-state index in [2.05, 4.69) is 11.1 Å². The van der Waals surface area contributed by atoms with Crippen molar-refractivity contribution >= 4 is 5.97 Å². The molecule has 0 saturated heterocycles. The van der Waals surface area contributed by atoms with Gasteiger partial charge in [-0.1, -0.05) is 12.6 Å². The summed E-state index contributed by atoms with van der Waals surface area (Å²) in [5.74, 6) is -0.979. The van der Waals surface area contributed by atoms with Crippen LogP contribution in [0.5, 0.6) is 0 Å². The smallest absolute Gasteiger partial charge is 0.336 e. The predicted octanol–water partition coefficient (Wildman–Crippen LogP) is 1.50. The molecule has 0 atom stereocenters. The number of hydrogen-bond acceptors (Lipinski definition) is 2. The molecule has 0 aliphatic carbocycles. The number of carboxylic acid groups (broad SMARTS) is 1. The van der Waals surface area contributed by atoms with Crippen LogP contribution in [0.25, 0.3) is 0 Å². The van der Waals surface area contributed by atoms with E-state index in [1.807, 2.05) is 6.92 Å². The molecule has 70 valence electrons. The van der Waals surface area contributed by atoms with Crippen LogP contribution in [0.2, 0.25) is 0 Å². The molecule has 0 fully saturated rings. The third-order valence-corrected chi connectivity index (χ3v) is 1.77. The normalized spacial score (nSPS) is 9.15. The molecule has 1 N–H and O–H groups in total. The van der Waals surface area contributed by atoms with Crippen LogP contribution < -0.4 is 0 Å². The molecule has 1 heterocycles. The number of nitrogens with zero attached hydrogens (tertiary/aromatic N) is 1. The molecule has 0 amide bonds. The Morgan fingerprint density at radius 1 is 1.38 bits per heavy atom. The summed E-state index contributed by atoms with van der Waals surface area (Å²) in [4.78, 5) is 14.5. The molecule has 0 aromatic carbocycles. The maximum atomic E-state index is 10.6. The number of aromatic nitrogens is 1. The Balaban J connectivity index is 0.00000144. The standard InChI is InChI=1S/C9H10NO2.W/c1-5-4-6(2)10-8(7(5)3)9(11)12;/h1-3H3,(H,11,12);/q-1;. The van der Waals surface area contributed by atoms with Crippen LogP contribution in [-0.4, -0.2) is 16.1 Å². The summed E-state index contributed by atoms with van der Waals surface area (Å²) < 4.78 is 0. The molecule has 0 aliphatic heterocycles. The molecular formula is C9H10NO2W-. The number of rotatable bonds is 1. The number of aryl methyl sites for hydroxylation is 2. The Kier molecular flexibility index (Phi) is 4.28. The van der Waals surface area contributed by atoms with Crippen LogP contribution >= 0.6 is 0 Å². The van der Waals surface area contributed by atoms with Crippen molar-refractivity contribution in [2.24, 2.45) is 0 Å². The summed E-state index contributed by atoms with van der Waals surface area (Å²) >= 11 is 0. The molecule has 0 spiro atoms. The molecule has 4 heteroatoms. The summed E-state index contributed by atoms with van der Waals surface area (Å²) in [6.07, 6.45) is 0. The van der Waals surface area contributed by atoms with Crippen molar-refractivity contribution in [3.05, 3.63) is 28.6 Å². The summed E-state index contributed by atoms with van der Waals surface area (Å²) in [6.45, 7) is 5.30. The van der Waals surface area contributed by atoms with Crippen molar-refractivity contribution in [1.82, 2.24) is 4.98 Å². The second-order valence-corrected chi connectivity index (χ2v) is 2.73. The van der Waals surface area contributed by atoms with Gasteiger partial charge in [-0.2, -0.15) is 5.56 Å². The number of hydrogen-bond donors (Lipinski definition) is 1. The summed E-state index contributed by atoms with van der Waals surface area (Å²) in [6, 6.07) is 2.96. The number of pyridine rings is 1. The van der Waals surface area contributed by atoms with Gasteiger partial charge in [0.2, 0.25) is 0 Å². The van der Waals surface area contributed by atoms with E-state index in [4.69, 9.17) is 5.11 Å². The van der Waals surface area contributed by atoms with Crippen molar-refractivity contribution < 1.29 is 31.0 Å². The van der Waals surface area contributed by atoms with Gasteiger partial charge in [0, 0.05) is 21.1 Å². The van der Waals surface area contributed by atoms with Gasteiger partial charge in [-0.3, -0.25) is 4.98 Å². The SMILES string of the molecule is Cc1[c-]c(C)c(C)c(C(=O)O)n1.[W]. The van der Waals surface area contributed by atoms with Gasteiger partial charge in [0.1, 0.15) is 0 Å². The van der Waals surface area contributed by atoms with Crippen molar-refractivity contribution in [2.75, 3.05) is 0 Å². The summed E-state index contributed by atoms with van der Waals surface area (Å²) in [7, 11) is 0. The fourth-order valence-electron chi connectivity index (χ4n) is 1.03. The zero-order chi connectivity index (χ0) is 9.30. The second kappa shape index (κ2) is 4.52. The van der Waals surface area contributed by atoms with Gasteiger partial charge in [0.25, 0.3) is 0 Å². The van der Waals surface area contributed by atoms with Crippen LogP contribution in [0, 0.1) is 26.8 Å². The maximum Gasteiger partial charge on any atom is 0.336 e. The number of carboxylic acids is 1. The van der Waals surface area contributed by atoms with E-state index in [1.54, 1.807) is 13.8 Å². The van der Waals surface area contributed by atoms with Crippen molar-refractivity contribution in [1.29, 1.82) is 0 Å². The monoisotopic (exact) mass is 348 g/mol. The Hall–Kier alpha value is -0.692. The topological polar surface area (TPSA) is 50.2 Å². The molecule has 0 radical (unpaired) electrons. The second-order valence-electron chi connectivity index (χ2n) is 2.73. The Bertz CT molecular complexity index is 337. The Labute approximate surface area is 91.5 Å². The van der Waals surface area contributed by atoms with Gasteiger partial charge in [-0.25, -0.2) is 16.4 Å². The van der Waals surface area contributed by atoms with E-state index in [0.29, 0.717) is 11.3 Å². The Morgan fingerprint density at radius 3 is 2.38 bits per heavy atom. The van der Waals surface area contributed by atoms with E-state index in [1.165, 1.54) is 0 Å². The first-order valence-electron chi connectivity index (χ1n) is 3.62. The molecular weight excluding hydrogens is 338 g/mol. The quantitative estimate of drug-likeness (QED) is 0.783. The van der Waals surface area contributed by atoms with E-state index < -0.39 is 5.97 Å². The number of carbonyl (C=O) groups is 1. The van der Waals surface area contributed by atoms with Crippen molar-refractivity contribution in [2.45, 2.75) is 20.8 Å². The van der Waals surface area contributed by atoms with Crippen LogP contribution in [0.4, 0.5) is 0 Å². The van der Waals surface area contributed by atoms with E-state index in [9.17, 15) is 4.79 Å². The minimum atomic E-state index is -0.979. The van der Waals surface area contributed by atoms with Crippen LogP contribution in [0.3, 0.4) is 0 Å². The summed E-state index contributed by atoms with van der Waals surface area (Å²) in [5, 5.41) is 8.74. The predicted molar refractivity (Wildman–Crippen MR) is 44.2 cm³/mol. The molecule has 0 bridgehead atoms. The first kappa shape index (κ1) is 12.3. The van der Waals surface area contributed by atoms with Crippen LogP contribution in [0.15, 0.2) is 0 Å². The molecule has 1 aromatic heterocycles. The van der Waals surface area contributed by atoms with Gasteiger partial charge < -0.3 is 5.11 Å². The van der Waals surface area contributed by atoms with Crippen molar-refractivity contribution in [3.63, 3.8) is 0 Å².